The van der Waals surface area contributed by atoms with Crippen LogP contribution >= 0.6 is 0 Å². The molecule has 1 aliphatic rings. The normalized spacial score (nSPS) is 23.6. The van der Waals surface area contributed by atoms with Gasteiger partial charge in [0.15, 0.2) is 0 Å². The summed E-state index contributed by atoms with van der Waals surface area (Å²) in [6, 6.07) is 2.23. The zero-order valence-electron chi connectivity index (χ0n) is 10.2. The zero-order valence-corrected chi connectivity index (χ0v) is 10.2. The molecular weight excluding hydrogens is 194 g/mol. The highest BCUT2D eigenvalue weighted by atomic mass is 14.7. The molecule has 0 bridgehead atoms. The smallest absolute Gasteiger partial charge is 0.0699 e. The average molecular weight is 213 g/mol. The summed E-state index contributed by atoms with van der Waals surface area (Å²) in [5, 5.41) is 0. The summed E-state index contributed by atoms with van der Waals surface area (Å²) in [4.78, 5) is 4.70. The minimum atomic E-state index is 0.729. The van der Waals surface area contributed by atoms with Crippen molar-refractivity contribution in [2.24, 2.45) is 11.8 Å². The van der Waals surface area contributed by atoms with Gasteiger partial charge in [-0.1, -0.05) is 33.1 Å². The molecule has 1 heterocycles. The van der Waals surface area contributed by atoms with Crippen molar-refractivity contribution in [3.8, 4) is 0 Å². The second-order valence-corrected chi connectivity index (χ2v) is 4.84. The molecule has 16 heavy (non-hydrogen) atoms. The third-order valence-electron chi connectivity index (χ3n) is 3.69. The highest BCUT2D eigenvalue weighted by Crippen LogP contribution is 2.30. The van der Waals surface area contributed by atoms with E-state index < -0.39 is 0 Å². The number of rotatable bonds is 2. The van der Waals surface area contributed by atoms with Crippen LogP contribution in [0.3, 0.4) is 0 Å². The van der Waals surface area contributed by atoms with Crippen LogP contribution in [0.2, 0.25) is 0 Å². The van der Waals surface area contributed by atoms with E-state index in [-0.39, 0.29) is 0 Å². The quantitative estimate of drug-likeness (QED) is 0.729. The third kappa shape index (κ3) is 1.82. The van der Waals surface area contributed by atoms with E-state index >= 15 is 0 Å². The number of aromatic nitrogens is 1. The van der Waals surface area contributed by atoms with E-state index in [1.54, 1.807) is 0 Å². The van der Waals surface area contributed by atoms with E-state index in [4.69, 9.17) is 4.98 Å². The Labute approximate surface area is 97.9 Å². The highest BCUT2D eigenvalue weighted by molar-refractivity contribution is 5.61. The van der Waals surface area contributed by atoms with Gasteiger partial charge < -0.3 is 0 Å². The van der Waals surface area contributed by atoms with Crippen molar-refractivity contribution >= 4 is 12.2 Å². The van der Waals surface area contributed by atoms with Crippen LogP contribution in [0.5, 0.6) is 0 Å². The van der Waals surface area contributed by atoms with Crippen LogP contribution in [0.4, 0.5) is 0 Å². The van der Waals surface area contributed by atoms with Crippen LogP contribution in [0.15, 0.2) is 19.2 Å². The van der Waals surface area contributed by atoms with E-state index in [2.05, 4.69) is 33.1 Å². The molecule has 0 N–H and O–H groups in total. The van der Waals surface area contributed by atoms with Gasteiger partial charge in [0.2, 0.25) is 0 Å². The standard InChI is InChI=1S/C15H19N/c1-5-12-9-13-7-10(3)11(4)8-15(13)16-14(12)6-2/h5-6,9-11H,1-2,7-8H2,3-4H3. The Hall–Kier alpha value is -1.37. The SMILES string of the molecule is C=Cc1cc2c(nc1C=C)CC(C)C(C)C2. The molecule has 2 atom stereocenters. The molecule has 0 aromatic carbocycles. The van der Waals surface area contributed by atoms with Gasteiger partial charge in [0.1, 0.15) is 0 Å². The fraction of sp³-hybridized carbons (Fsp3) is 0.400. The Kier molecular flexibility index (Phi) is 2.95. The molecule has 2 unspecified atom stereocenters. The molecule has 2 rings (SSSR count). The van der Waals surface area contributed by atoms with E-state index in [1.807, 2.05) is 12.2 Å². The molecule has 0 spiro atoms. The molecule has 1 aromatic heterocycles. The lowest BCUT2D eigenvalue weighted by atomic mass is 9.79. The summed E-state index contributed by atoms with van der Waals surface area (Å²) in [6.45, 7) is 12.3. The van der Waals surface area contributed by atoms with Crippen molar-refractivity contribution in [2.45, 2.75) is 26.7 Å². The average Bonchev–Trinajstić information content (AvgIpc) is 2.29. The summed E-state index contributed by atoms with van der Waals surface area (Å²) in [5.41, 5.74) is 4.73. The third-order valence-corrected chi connectivity index (χ3v) is 3.69. The summed E-state index contributed by atoms with van der Waals surface area (Å²) in [5.74, 6) is 1.48. The predicted molar refractivity (Wildman–Crippen MR) is 70.2 cm³/mol. The van der Waals surface area contributed by atoms with Gasteiger partial charge in [0.25, 0.3) is 0 Å². The maximum absolute atomic E-state index is 4.70. The summed E-state index contributed by atoms with van der Waals surface area (Å²) in [7, 11) is 0. The molecule has 1 aliphatic carbocycles. The Bertz CT molecular complexity index is 390. The molecule has 0 saturated carbocycles. The Morgan fingerprint density at radius 1 is 1.19 bits per heavy atom. The van der Waals surface area contributed by atoms with Crippen molar-refractivity contribution in [1.29, 1.82) is 0 Å². The van der Waals surface area contributed by atoms with E-state index in [9.17, 15) is 0 Å². The molecule has 0 aliphatic heterocycles. The number of hydrogen-bond acceptors (Lipinski definition) is 1. The Morgan fingerprint density at radius 3 is 2.50 bits per heavy atom. The molecule has 84 valence electrons. The van der Waals surface area contributed by atoms with Gasteiger partial charge in [-0.2, -0.15) is 0 Å². The summed E-state index contributed by atoms with van der Waals surface area (Å²) >= 11 is 0. The van der Waals surface area contributed by atoms with Crippen LogP contribution < -0.4 is 0 Å². The molecule has 0 saturated heterocycles. The van der Waals surface area contributed by atoms with Crippen molar-refractivity contribution < 1.29 is 0 Å². The number of fused-ring (bicyclic) bond motifs is 1. The van der Waals surface area contributed by atoms with Crippen molar-refractivity contribution in [2.75, 3.05) is 0 Å². The molecule has 1 aromatic rings. The van der Waals surface area contributed by atoms with Crippen molar-refractivity contribution in [3.63, 3.8) is 0 Å². The molecular formula is C15H19N. The van der Waals surface area contributed by atoms with Crippen LogP contribution in [0.1, 0.15) is 36.4 Å². The lowest BCUT2D eigenvalue weighted by Gasteiger charge is -2.27. The fourth-order valence-corrected chi connectivity index (χ4v) is 2.36. The maximum atomic E-state index is 4.70. The topological polar surface area (TPSA) is 12.9 Å². The second kappa shape index (κ2) is 4.25. The molecule has 0 radical (unpaired) electrons. The largest absolute Gasteiger partial charge is 0.253 e. The van der Waals surface area contributed by atoms with Gasteiger partial charge in [-0.15, -0.1) is 0 Å². The van der Waals surface area contributed by atoms with E-state index in [0.29, 0.717) is 0 Å². The van der Waals surface area contributed by atoms with Crippen LogP contribution in [0, 0.1) is 11.8 Å². The first-order valence-electron chi connectivity index (χ1n) is 5.93. The Morgan fingerprint density at radius 2 is 1.88 bits per heavy atom. The first-order chi connectivity index (χ1) is 7.65. The fourth-order valence-electron chi connectivity index (χ4n) is 2.36. The van der Waals surface area contributed by atoms with Gasteiger partial charge >= 0.3 is 0 Å². The van der Waals surface area contributed by atoms with Gasteiger partial charge in [-0.05, 0) is 47.9 Å². The maximum Gasteiger partial charge on any atom is 0.0699 e. The van der Waals surface area contributed by atoms with Gasteiger partial charge in [-0.25, -0.2) is 0 Å². The lowest BCUT2D eigenvalue weighted by molar-refractivity contribution is 0.356. The summed E-state index contributed by atoms with van der Waals surface area (Å²) < 4.78 is 0. The monoisotopic (exact) mass is 213 g/mol. The number of pyridine rings is 1. The van der Waals surface area contributed by atoms with Crippen LogP contribution in [-0.4, -0.2) is 4.98 Å². The minimum absolute atomic E-state index is 0.729. The van der Waals surface area contributed by atoms with Crippen LogP contribution in [0.25, 0.3) is 12.2 Å². The first-order valence-corrected chi connectivity index (χ1v) is 5.93. The second-order valence-electron chi connectivity index (χ2n) is 4.84. The van der Waals surface area contributed by atoms with Gasteiger partial charge in [0, 0.05) is 5.69 Å². The van der Waals surface area contributed by atoms with Crippen molar-refractivity contribution in [1.82, 2.24) is 4.98 Å². The highest BCUT2D eigenvalue weighted by Gasteiger charge is 2.23. The summed E-state index contributed by atoms with van der Waals surface area (Å²) in [6.07, 6.45) is 5.92. The predicted octanol–water partition coefficient (Wildman–Crippen LogP) is 3.74. The van der Waals surface area contributed by atoms with E-state index in [0.717, 1.165) is 35.9 Å². The number of hydrogen-bond donors (Lipinski definition) is 0. The number of nitrogens with zero attached hydrogens (tertiary/aromatic N) is 1. The zero-order chi connectivity index (χ0) is 11.7. The lowest BCUT2D eigenvalue weighted by Crippen LogP contribution is -2.22. The molecule has 1 heteroatoms. The van der Waals surface area contributed by atoms with Gasteiger partial charge in [0.05, 0.1) is 5.69 Å². The molecule has 1 nitrogen and oxygen atoms in total. The minimum Gasteiger partial charge on any atom is -0.253 e. The van der Waals surface area contributed by atoms with Crippen LogP contribution in [-0.2, 0) is 12.8 Å². The van der Waals surface area contributed by atoms with Gasteiger partial charge in [-0.3, -0.25) is 4.98 Å². The Balaban J connectivity index is 2.49. The molecule has 0 amide bonds. The van der Waals surface area contributed by atoms with Crippen molar-refractivity contribution in [3.05, 3.63) is 41.7 Å². The van der Waals surface area contributed by atoms with E-state index in [1.165, 1.54) is 11.3 Å². The first kappa shape index (κ1) is 11.1. The molecule has 0 fully saturated rings.